The predicted octanol–water partition coefficient (Wildman–Crippen LogP) is 3.26. The highest BCUT2D eigenvalue weighted by Gasteiger charge is 2.12. The van der Waals surface area contributed by atoms with Crippen molar-refractivity contribution in [3.05, 3.63) is 42.0 Å². The summed E-state index contributed by atoms with van der Waals surface area (Å²) in [6.07, 6.45) is 0. The van der Waals surface area contributed by atoms with Gasteiger partial charge in [-0.05, 0) is 42.8 Å². The fourth-order valence-electron chi connectivity index (χ4n) is 2.45. The Morgan fingerprint density at radius 2 is 1.95 bits per heavy atom. The van der Waals surface area contributed by atoms with Gasteiger partial charge in [0.1, 0.15) is 17.3 Å². The average Bonchev–Trinajstić information content (AvgIpc) is 2.75. The minimum Gasteiger partial charge on any atom is -0.508 e. The van der Waals surface area contributed by atoms with Crippen molar-refractivity contribution in [2.24, 2.45) is 7.05 Å². The van der Waals surface area contributed by atoms with E-state index in [2.05, 4.69) is 4.98 Å². The van der Waals surface area contributed by atoms with Crippen molar-refractivity contribution in [3.8, 4) is 22.9 Å². The molecule has 0 atom stereocenters. The van der Waals surface area contributed by atoms with Crippen molar-refractivity contribution in [3.63, 3.8) is 0 Å². The lowest BCUT2D eigenvalue weighted by molar-refractivity contribution is 0.415. The maximum Gasteiger partial charge on any atom is 0.141 e. The van der Waals surface area contributed by atoms with E-state index >= 15 is 0 Å². The van der Waals surface area contributed by atoms with E-state index in [1.165, 1.54) is 0 Å². The Hall–Kier alpha value is -2.49. The summed E-state index contributed by atoms with van der Waals surface area (Å²) < 4.78 is 7.28. The molecule has 0 bridgehead atoms. The number of methoxy groups -OCH3 is 1. The van der Waals surface area contributed by atoms with Gasteiger partial charge in [-0.15, -0.1) is 0 Å². The van der Waals surface area contributed by atoms with Gasteiger partial charge in [-0.2, -0.15) is 0 Å². The van der Waals surface area contributed by atoms with Crippen molar-refractivity contribution < 1.29 is 9.84 Å². The number of rotatable bonds is 2. The van der Waals surface area contributed by atoms with Crippen LogP contribution in [0.5, 0.6) is 11.5 Å². The van der Waals surface area contributed by atoms with E-state index in [4.69, 9.17) is 4.74 Å². The number of fused-ring (bicyclic) bond motifs is 1. The van der Waals surface area contributed by atoms with Crippen LogP contribution in [0.25, 0.3) is 22.4 Å². The van der Waals surface area contributed by atoms with E-state index in [-0.39, 0.29) is 5.75 Å². The molecule has 0 unspecified atom stereocenters. The molecule has 0 spiro atoms. The number of imidazole rings is 1. The minimum atomic E-state index is 0.270. The number of aromatic nitrogens is 2. The Bertz CT molecular complexity index is 791. The molecule has 0 aliphatic heterocycles. The van der Waals surface area contributed by atoms with Gasteiger partial charge in [0.25, 0.3) is 0 Å². The first kappa shape index (κ1) is 12.5. The van der Waals surface area contributed by atoms with E-state index in [9.17, 15) is 5.11 Å². The maximum atomic E-state index is 9.52. The molecule has 0 aliphatic rings. The number of benzene rings is 2. The Labute approximate surface area is 117 Å². The van der Waals surface area contributed by atoms with Crippen molar-refractivity contribution in [2.45, 2.75) is 6.92 Å². The SMILES string of the molecule is COc1ccc2c(c1)nc(-c1ccc(O)cc1C)n2C. The van der Waals surface area contributed by atoms with Crippen molar-refractivity contribution in [1.82, 2.24) is 9.55 Å². The number of aromatic hydroxyl groups is 1. The van der Waals surface area contributed by atoms with Crippen molar-refractivity contribution in [1.29, 1.82) is 0 Å². The molecule has 3 rings (SSSR count). The highest BCUT2D eigenvalue weighted by molar-refractivity contribution is 5.82. The number of hydrogen-bond acceptors (Lipinski definition) is 3. The highest BCUT2D eigenvalue weighted by atomic mass is 16.5. The molecule has 3 aromatic rings. The summed E-state index contributed by atoms with van der Waals surface area (Å²) in [4.78, 5) is 4.68. The highest BCUT2D eigenvalue weighted by Crippen LogP contribution is 2.29. The van der Waals surface area contributed by atoms with E-state index < -0.39 is 0 Å². The molecule has 20 heavy (non-hydrogen) atoms. The van der Waals surface area contributed by atoms with E-state index in [1.807, 2.05) is 42.8 Å². The second-order valence-electron chi connectivity index (χ2n) is 4.85. The van der Waals surface area contributed by atoms with Crippen LogP contribution in [0.1, 0.15) is 5.56 Å². The standard InChI is InChI=1S/C16H16N2O2/c1-10-8-11(19)4-6-13(10)16-17-14-9-12(20-3)5-7-15(14)18(16)2/h4-9,19H,1-3H3. The molecule has 102 valence electrons. The normalized spacial score (nSPS) is 10.9. The van der Waals surface area contributed by atoms with Crippen LogP contribution in [0, 0.1) is 6.92 Å². The van der Waals surface area contributed by atoms with Gasteiger partial charge in [-0.3, -0.25) is 0 Å². The Kier molecular flexibility index (Phi) is 2.86. The molecule has 1 aromatic heterocycles. The van der Waals surface area contributed by atoms with Crippen molar-refractivity contribution >= 4 is 11.0 Å². The average molecular weight is 268 g/mol. The molecule has 4 heteroatoms. The molecule has 0 saturated carbocycles. The quantitative estimate of drug-likeness (QED) is 0.776. The van der Waals surface area contributed by atoms with Gasteiger partial charge in [0.15, 0.2) is 0 Å². The van der Waals surface area contributed by atoms with Crippen LogP contribution in [0.2, 0.25) is 0 Å². The molecule has 0 amide bonds. The topological polar surface area (TPSA) is 47.3 Å². The molecule has 0 fully saturated rings. The number of ether oxygens (including phenoxy) is 1. The Morgan fingerprint density at radius 1 is 1.15 bits per heavy atom. The van der Waals surface area contributed by atoms with Gasteiger partial charge < -0.3 is 14.4 Å². The molecule has 0 saturated heterocycles. The van der Waals surface area contributed by atoms with Gasteiger partial charge >= 0.3 is 0 Å². The van der Waals surface area contributed by atoms with Gasteiger partial charge in [0, 0.05) is 18.7 Å². The molecule has 2 aromatic carbocycles. The lowest BCUT2D eigenvalue weighted by Crippen LogP contribution is -1.94. The second-order valence-corrected chi connectivity index (χ2v) is 4.85. The Balaban J connectivity index is 2.23. The molecule has 1 N–H and O–H groups in total. The summed E-state index contributed by atoms with van der Waals surface area (Å²) in [6.45, 7) is 1.97. The van der Waals surface area contributed by atoms with Gasteiger partial charge in [0.2, 0.25) is 0 Å². The Morgan fingerprint density at radius 3 is 2.65 bits per heavy atom. The van der Waals surface area contributed by atoms with Crippen LogP contribution < -0.4 is 4.74 Å². The largest absolute Gasteiger partial charge is 0.508 e. The molecule has 4 nitrogen and oxygen atoms in total. The van der Waals surface area contributed by atoms with Crippen molar-refractivity contribution in [2.75, 3.05) is 7.11 Å². The first-order chi connectivity index (χ1) is 9.60. The minimum absolute atomic E-state index is 0.270. The first-order valence-electron chi connectivity index (χ1n) is 6.40. The molecular formula is C16H16N2O2. The monoisotopic (exact) mass is 268 g/mol. The summed E-state index contributed by atoms with van der Waals surface area (Å²) in [5.74, 6) is 1.95. The molecule has 1 heterocycles. The number of aryl methyl sites for hydroxylation is 2. The van der Waals surface area contributed by atoms with Crippen LogP contribution in [-0.2, 0) is 7.05 Å². The number of nitrogens with zero attached hydrogens (tertiary/aromatic N) is 2. The van der Waals surface area contributed by atoms with Gasteiger partial charge in [-0.1, -0.05) is 0 Å². The lowest BCUT2D eigenvalue weighted by Gasteiger charge is -2.06. The van der Waals surface area contributed by atoms with E-state index in [0.29, 0.717) is 0 Å². The number of hydrogen-bond donors (Lipinski definition) is 1. The lowest BCUT2D eigenvalue weighted by atomic mass is 10.1. The third-order valence-electron chi connectivity index (χ3n) is 3.54. The number of phenolic OH excluding ortho intramolecular Hbond substituents is 1. The zero-order chi connectivity index (χ0) is 14.3. The summed E-state index contributed by atoms with van der Waals surface area (Å²) in [5, 5.41) is 9.52. The third kappa shape index (κ3) is 1.90. The summed E-state index contributed by atoms with van der Waals surface area (Å²) >= 11 is 0. The third-order valence-corrected chi connectivity index (χ3v) is 3.54. The molecule has 0 aliphatic carbocycles. The predicted molar refractivity (Wildman–Crippen MR) is 79.1 cm³/mol. The second kappa shape index (κ2) is 4.56. The molecule has 0 radical (unpaired) electrons. The van der Waals surface area contributed by atoms with E-state index in [1.54, 1.807) is 19.2 Å². The summed E-state index contributed by atoms with van der Waals surface area (Å²) in [7, 11) is 3.64. The van der Waals surface area contributed by atoms with Gasteiger partial charge in [-0.25, -0.2) is 4.98 Å². The van der Waals surface area contributed by atoms with Crippen LogP contribution in [0.3, 0.4) is 0 Å². The van der Waals surface area contributed by atoms with Crippen LogP contribution in [0.4, 0.5) is 0 Å². The van der Waals surface area contributed by atoms with Gasteiger partial charge in [0.05, 0.1) is 18.1 Å². The maximum absolute atomic E-state index is 9.52. The smallest absolute Gasteiger partial charge is 0.141 e. The van der Waals surface area contributed by atoms with Crippen LogP contribution >= 0.6 is 0 Å². The van der Waals surface area contributed by atoms with E-state index in [0.717, 1.165) is 33.7 Å². The first-order valence-corrected chi connectivity index (χ1v) is 6.40. The fraction of sp³-hybridized carbons (Fsp3) is 0.188. The summed E-state index contributed by atoms with van der Waals surface area (Å²) in [6, 6.07) is 11.2. The van der Waals surface area contributed by atoms with Crippen LogP contribution in [-0.4, -0.2) is 21.8 Å². The molecular weight excluding hydrogens is 252 g/mol. The summed E-state index contributed by atoms with van der Waals surface area (Å²) in [5.41, 5.74) is 3.96. The zero-order valence-corrected chi connectivity index (χ0v) is 11.7. The zero-order valence-electron chi connectivity index (χ0n) is 11.7. The fourth-order valence-corrected chi connectivity index (χ4v) is 2.45. The number of phenols is 1. The van der Waals surface area contributed by atoms with Crippen LogP contribution in [0.15, 0.2) is 36.4 Å².